The lowest BCUT2D eigenvalue weighted by Gasteiger charge is -2.03. The highest BCUT2D eigenvalue weighted by molar-refractivity contribution is 7.72. The number of fused-ring (bicyclic) bond motifs is 1. The van der Waals surface area contributed by atoms with Gasteiger partial charge in [-0.25, -0.2) is 8.42 Å². The van der Waals surface area contributed by atoms with E-state index in [2.05, 4.69) is 0 Å². The molecule has 0 spiro atoms. The van der Waals surface area contributed by atoms with Gasteiger partial charge in [0, 0.05) is 11.1 Å². The summed E-state index contributed by atoms with van der Waals surface area (Å²) >= 11 is 0. The molecule has 2 aromatic carbocycles. The van der Waals surface area contributed by atoms with Gasteiger partial charge in [-0.1, -0.05) is 0 Å². The molecule has 4 nitrogen and oxygen atoms in total. The molecule has 0 aliphatic heterocycles. The molecule has 0 saturated carbocycles. The highest BCUT2D eigenvalue weighted by Gasteiger charge is 2.04. The fraction of sp³-hybridized carbons (Fsp3) is 0. The number of benzene rings is 2. The predicted octanol–water partition coefficient (Wildman–Crippen LogP) is 1.10. The molecular formula is C10H9NO3S. The zero-order chi connectivity index (χ0) is 11.0. The summed E-state index contributed by atoms with van der Waals surface area (Å²) in [7, 11) is -2.70. The molecule has 0 unspecified atom stereocenters. The van der Waals surface area contributed by atoms with Crippen LogP contribution in [0.3, 0.4) is 0 Å². The minimum Gasteiger partial charge on any atom is -0.507 e. The van der Waals surface area contributed by atoms with Crippen molar-refractivity contribution in [3.05, 3.63) is 30.3 Å². The standard InChI is InChI=1S/C10H9NO3S/c11-7-1-2-9-6(3-7)4-8(15(13)14)5-10(9)12/h1-5,12,15H,11H2. The number of phenolic OH excluding ortho intramolecular Hbond substituents is 1. The van der Waals surface area contributed by atoms with Gasteiger partial charge in [-0.05, 0) is 35.7 Å². The molecule has 0 atom stereocenters. The van der Waals surface area contributed by atoms with E-state index in [0.29, 0.717) is 16.5 Å². The molecule has 0 amide bonds. The van der Waals surface area contributed by atoms with Crippen molar-refractivity contribution in [3.8, 4) is 5.75 Å². The Bertz CT molecular complexity index is 597. The van der Waals surface area contributed by atoms with Gasteiger partial charge in [-0.15, -0.1) is 0 Å². The zero-order valence-electron chi connectivity index (χ0n) is 7.68. The lowest BCUT2D eigenvalue weighted by atomic mass is 10.1. The summed E-state index contributed by atoms with van der Waals surface area (Å²) in [6.45, 7) is 0. The second-order valence-electron chi connectivity index (χ2n) is 3.20. The van der Waals surface area contributed by atoms with E-state index in [4.69, 9.17) is 5.73 Å². The average Bonchev–Trinajstić information content (AvgIpc) is 2.16. The van der Waals surface area contributed by atoms with Crippen LogP contribution in [0, 0.1) is 0 Å². The van der Waals surface area contributed by atoms with Gasteiger partial charge in [-0.2, -0.15) is 0 Å². The third-order valence-electron chi connectivity index (χ3n) is 2.15. The van der Waals surface area contributed by atoms with E-state index in [1.54, 1.807) is 18.2 Å². The summed E-state index contributed by atoms with van der Waals surface area (Å²) in [5, 5.41) is 10.8. The van der Waals surface area contributed by atoms with E-state index < -0.39 is 10.7 Å². The van der Waals surface area contributed by atoms with Crippen LogP contribution in [0.15, 0.2) is 35.2 Å². The first-order chi connectivity index (χ1) is 7.08. The summed E-state index contributed by atoms with van der Waals surface area (Å²) < 4.78 is 21.6. The van der Waals surface area contributed by atoms with Crippen LogP contribution in [0.5, 0.6) is 5.75 Å². The Morgan fingerprint density at radius 2 is 1.87 bits per heavy atom. The number of rotatable bonds is 1. The molecule has 78 valence electrons. The summed E-state index contributed by atoms with van der Waals surface area (Å²) in [5.74, 6) is -0.0540. The minimum atomic E-state index is -2.70. The molecule has 2 rings (SSSR count). The van der Waals surface area contributed by atoms with Crippen molar-refractivity contribution in [2.24, 2.45) is 0 Å². The highest BCUT2D eigenvalue weighted by atomic mass is 32.2. The average molecular weight is 223 g/mol. The number of anilines is 1. The molecular weight excluding hydrogens is 214 g/mol. The monoisotopic (exact) mass is 223 g/mol. The van der Waals surface area contributed by atoms with E-state index in [1.807, 2.05) is 0 Å². The first kappa shape index (κ1) is 9.79. The fourth-order valence-electron chi connectivity index (χ4n) is 1.46. The van der Waals surface area contributed by atoms with Crippen LogP contribution in [0.2, 0.25) is 0 Å². The van der Waals surface area contributed by atoms with Crippen molar-refractivity contribution < 1.29 is 13.5 Å². The van der Waals surface area contributed by atoms with Gasteiger partial charge in [0.25, 0.3) is 0 Å². The number of phenols is 1. The van der Waals surface area contributed by atoms with Crippen LogP contribution in [-0.2, 0) is 10.7 Å². The Labute approximate surface area is 87.9 Å². The molecule has 0 aromatic heterocycles. The molecule has 2 aromatic rings. The van der Waals surface area contributed by atoms with Crippen molar-refractivity contribution in [1.82, 2.24) is 0 Å². The molecule has 5 heteroatoms. The van der Waals surface area contributed by atoms with Crippen LogP contribution in [0.4, 0.5) is 5.69 Å². The third kappa shape index (κ3) is 1.73. The number of nitrogens with two attached hydrogens (primary N) is 1. The number of hydrogen-bond acceptors (Lipinski definition) is 4. The molecule has 15 heavy (non-hydrogen) atoms. The Kier molecular flexibility index (Phi) is 2.24. The van der Waals surface area contributed by atoms with Crippen molar-refractivity contribution >= 4 is 27.2 Å². The quantitative estimate of drug-likeness (QED) is 0.499. The Morgan fingerprint density at radius 3 is 2.53 bits per heavy atom. The van der Waals surface area contributed by atoms with Crippen molar-refractivity contribution in [2.45, 2.75) is 4.90 Å². The van der Waals surface area contributed by atoms with Gasteiger partial charge in [0.05, 0.1) is 4.90 Å². The first-order valence-corrected chi connectivity index (χ1v) is 5.42. The third-order valence-corrected chi connectivity index (χ3v) is 2.83. The van der Waals surface area contributed by atoms with Gasteiger partial charge in [0.2, 0.25) is 0 Å². The van der Waals surface area contributed by atoms with Gasteiger partial charge < -0.3 is 10.8 Å². The molecule has 0 aliphatic carbocycles. The number of thiol groups is 1. The van der Waals surface area contributed by atoms with E-state index in [9.17, 15) is 13.5 Å². The SMILES string of the molecule is Nc1ccc2c(O)cc([SH](=O)=O)cc2c1. The van der Waals surface area contributed by atoms with Gasteiger partial charge in [0.15, 0.2) is 10.7 Å². The summed E-state index contributed by atoms with van der Waals surface area (Å²) in [6.07, 6.45) is 0. The topological polar surface area (TPSA) is 80.4 Å². The highest BCUT2D eigenvalue weighted by Crippen LogP contribution is 2.28. The predicted molar refractivity (Wildman–Crippen MR) is 58.6 cm³/mol. The maximum absolute atomic E-state index is 10.8. The number of nitrogen functional groups attached to an aromatic ring is 1. The zero-order valence-corrected chi connectivity index (χ0v) is 8.57. The van der Waals surface area contributed by atoms with E-state index in [0.717, 1.165) is 0 Å². The first-order valence-electron chi connectivity index (χ1n) is 4.24. The Hall–Kier alpha value is -1.75. The largest absolute Gasteiger partial charge is 0.507 e. The Morgan fingerprint density at radius 1 is 1.13 bits per heavy atom. The van der Waals surface area contributed by atoms with E-state index >= 15 is 0 Å². The number of hydrogen-bond donors (Lipinski definition) is 3. The second kappa shape index (κ2) is 3.43. The molecule has 0 aliphatic rings. The fourth-order valence-corrected chi connectivity index (χ4v) is 1.93. The minimum absolute atomic E-state index is 0.0540. The molecule has 3 N–H and O–H groups in total. The normalized spacial score (nSPS) is 11.0. The van der Waals surface area contributed by atoms with Crippen LogP contribution in [0.1, 0.15) is 0 Å². The summed E-state index contributed by atoms with van der Waals surface area (Å²) in [4.78, 5) is 0.0839. The lowest BCUT2D eigenvalue weighted by molar-refractivity contribution is 0.480. The molecule has 0 bridgehead atoms. The van der Waals surface area contributed by atoms with Gasteiger partial charge >= 0.3 is 0 Å². The summed E-state index contributed by atoms with van der Waals surface area (Å²) in [6, 6.07) is 7.64. The molecule has 0 radical (unpaired) electrons. The van der Waals surface area contributed by atoms with Gasteiger partial charge in [-0.3, -0.25) is 0 Å². The van der Waals surface area contributed by atoms with Gasteiger partial charge in [0.1, 0.15) is 5.75 Å². The smallest absolute Gasteiger partial charge is 0.168 e. The van der Waals surface area contributed by atoms with Crippen molar-refractivity contribution in [2.75, 3.05) is 5.73 Å². The maximum atomic E-state index is 10.8. The summed E-state index contributed by atoms with van der Waals surface area (Å²) in [5.41, 5.74) is 6.10. The van der Waals surface area contributed by atoms with Crippen molar-refractivity contribution in [1.29, 1.82) is 0 Å². The van der Waals surface area contributed by atoms with Crippen LogP contribution < -0.4 is 5.73 Å². The van der Waals surface area contributed by atoms with Crippen LogP contribution in [-0.4, -0.2) is 13.5 Å². The molecule has 0 saturated heterocycles. The molecule has 0 fully saturated rings. The van der Waals surface area contributed by atoms with Crippen LogP contribution in [0.25, 0.3) is 10.8 Å². The maximum Gasteiger partial charge on any atom is 0.168 e. The second-order valence-corrected chi connectivity index (χ2v) is 4.23. The Balaban J connectivity index is 2.85. The lowest BCUT2D eigenvalue weighted by Crippen LogP contribution is -1.86. The number of aromatic hydroxyl groups is 1. The molecule has 0 heterocycles. The van der Waals surface area contributed by atoms with E-state index in [-0.39, 0.29) is 10.6 Å². The van der Waals surface area contributed by atoms with Crippen LogP contribution >= 0.6 is 0 Å². The van der Waals surface area contributed by atoms with E-state index in [1.165, 1.54) is 12.1 Å². The van der Waals surface area contributed by atoms with Crippen molar-refractivity contribution in [3.63, 3.8) is 0 Å².